The van der Waals surface area contributed by atoms with Gasteiger partial charge in [0.15, 0.2) is 0 Å². The van der Waals surface area contributed by atoms with Crippen molar-refractivity contribution in [3.63, 3.8) is 0 Å². The monoisotopic (exact) mass is 296 g/mol. The Labute approximate surface area is 114 Å². The number of hydrogen-bond donors (Lipinski definition) is 1. The molecule has 0 radical (unpaired) electrons. The Morgan fingerprint density at radius 3 is 2.63 bits per heavy atom. The van der Waals surface area contributed by atoms with Crippen molar-refractivity contribution in [2.45, 2.75) is 11.1 Å². The molecule has 0 saturated heterocycles. The van der Waals surface area contributed by atoms with Gasteiger partial charge in [0.05, 0.1) is 5.69 Å². The summed E-state index contributed by atoms with van der Waals surface area (Å²) in [6.07, 6.45) is 0. The van der Waals surface area contributed by atoms with Gasteiger partial charge in [0.1, 0.15) is 21.0 Å². The van der Waals surface area contributed by atoms with Gasteiger partial charge in [0.2, 0.25) is 0 Å². The molecule has 19 heavy (non-hydrogen) atoms. The van der Waals surface area contributed by atoms with Gasteiger partial charge in [-0.2, -0.15) is 5.26 Å². The summed E-state index contributed by atoms with van der Waals surface area (Å²) in [5.74, 6) is -0.427. The predicted molar refractivity (Wildman–Crippen MR) is 71.0 cm³/mol. The third-order valence-electron chi connectivity index (χ3n) is 2.39. The molecule has 0 amide bonds. The lowest BCUT2D eigenvalue weighted by Crippen LogP contribution is -2.12. The van der Waals surface area contributed by atoms with E-state index in [1.165, 1.54) is 30.3 Å². The van der Waals surface area contributed by atoms with E-state index < -0.39 is 15.8 Å². The van der Waals surface area contributed by atoms with Crippen LogP contribution in [0.4, 0.5) is 10.1 Å². The summed E-state index contributed by atoms with van der Waals surface area (Å²) in [6.45, 7) is 1.61. The molecule has 0 aliphatic heterocycles. The van der Waals surface area contributed by atoms with Gasteiger partial charge in [-0.3, -0.25) is 4.72 Å². The van der Waals surface area contributed by atoms with Crippen LogP contribution >= 0.6 is 11.3 Å². The Morgan fingerprint density at radius 2 is 2.05 bits per heavy atom. The van der Waals surface area contributed by atoms with Crippen molar-refractivity contribution in [2.24, 2.45) is 0 Å². The Morgan fingerprint density at radius 1 is 1.32 bits per heavy atom. The molecular weight excluding hydrogens is 287 g/mol. The molecule has 2 aromatic rings. The molecule has 0 spiro atoms. The van der Waals surface area contributed by atoms with Crippen LogP contribution < -0.4 is 4.72 Å². The summed E-state index contributed by atoms with van der Waals surface area (Å²) in [4.78, 5) is 0.316. The highest BCUT2D eigenvalue weighted by atomic mass is 32.2. The molecule has 7 heteroatoms. The van der Waals surface area contributed by atoms with Crippen LogP contribution in [0.25, 0.3) is 0 Å². The van der Waals surface area contributed by atoms with Crippen LogP contribution in [0, 0.1) is 24.1 Å². The Hall–Kier alpha value is -1.91. The van der Waals surface area contributed by atoms with Gasteiger partial charge in [-0.05, 0) is 42.8 Å². The molecule has 1 heterocycles. The lowest BCUT2D eigenvalue weighted by molar-refractivity contribution is 0.602. The van der Waals surface area contributed by atoms with Crippen molar-refractivity contribution >= 4 is 27.0 Å². The van der Waals surface area contributed by atoms with Gasteiger partial charge in [-0.1, -0.05) is 0 Å². The van der Waals surface area contributed by atoms with Gasteiger partial charge in [-0.15, -0.1) is 11.3 Å². The lowest BCUT2D eigenvalue weighted by atomic mass is 10.2. The first-order chi connectivity index (χ1) is 8.92. The molecule has 2 rings (SSSR count). The zero-order chi connectivity index (χ0) is 14.0. The molecule has 0 aliphatic rings. The van der Waals surface area contributed by atoms with Crippen molar-refractivity contribution in [3.8, 4) is 6.07 Å². The van der Waals surface area contributed by atoms with Crippen LogP contribution in [0.2, 0.25) is 0 Å². The standard InChI is InChI=1S/C12H9FN2O2S2/c1-8-6-9(13)2-4-11(8)15-19(16,17)12-5-3-10(7-14)18-12/h2-6,15H,1H3. The highest BCUT2D eigenvalue weighted by Crippen LogP contribution is 2.25. The lowest BCUT2D eigenvalue weighted by Gasteiger charge is -2.08. The molecular formula is C12H9FN2O2S2. The van der Waals surface area contributed by atoms with E-state index in [-0.39, 0.29) is 4.21 Å². The topological polar surface area (TPSA) is 70.0 Å². The first-order valence-corrected chi connectivity index (χ1v) is 7.51. The maximum absolute atomic E-state index is 12.9. The molecule has 0 saturated carbocycles. The maximum Gasteiger partial charge on any atom is 0.271 e. The van der Waals surface area contributed by atoms with E-state index in [0.717, 1.165) is 11.3 Å². The fraction of sp³-hybridized carbons (Fsp3) is 0.0833. The van der Waals surface area contributed by atoms with E-state index in [1.807, 2.05) is 6.07 Å². The van der Waals surface area contributed by atoms with Crippen molar-refractivity contribution in [1.29, 1.82) is 5.26 Å². The fourth-order valence-corrected chi connectivity index (χ4v) is 3.70. The highest BCUT2D eigenvalue weighted by Gasteiger charge is 2.18. The number of thiophene rings is 1. The molecule has 98 valence electrons. The summed E-state index contributed by atoms with van der Waals surface area (Å²) in [5.41, 5.74) is 0.800. The molecule has 0 aliphatic carbocycles. The molecule has 4 nitrogen and oxygen atoms in total. The number of rotatable bonds is 3. The number of halogens is 1. The summed E-state index contributed by atoms with van der Waals surface area (Å²) < 4.78 is 39.5. The largest absolute Gasteiger partial charge is 0.279 e. The summed E-state index contributed by atoms with van der Waals surface area (Å²) in [6, 6.07) is 8.47. The van der Waals surface area contributed by atoms with E-state index >= 15 is 0 Å². The Kier molecular flexibility index (Phi) is 3.55. The average molecular weight is 296 g/mol. The van der Waals surface area contributed by atoms with Gasteiger partial charge in [-0.25, -0.2) is 12.8 Å². The first kappa shape index (κ1) is 13.5. The highest BCUT2D eigenvalue weighted by molar-refractivity contribution is 7.94. The molecule has 1 aromatic carbocycles. The number of nitriles is 1. The first-order valence-electron chi connectivity index (χ1n) is 5.21. The molecule has 0 atom stereocenters. The van der Waals surface area contributed by atoms with Gasteiger partial charge >= 0.3 is 0 Å². The minimum absolute atomic E-state index is 0.0489. The Bertz CT molecular complexity index is 760. The smallest absolute Gasteiger partial charge is 0.271 e. The van der Waals surface area contributed by atoms with Crippen LogP contribution in [0.15, 0.2) is 34.5 Å². The zero-order valence-electron chi connectivity index (χ0n) is 9.84. The molecule has 0 unspecified atom stereocenters. The van der Waals surface area contributed by atoms with Crippen molar-refractivity contribution in [2.75, 3.05) is 4.72 Å². The second-order valence-corrected chi connectivity index (χ2v) is 6.79. The van der Waals surface area contributed by atoms with E-state index in [1.54, 1.807) is 6.92 Å². The quantitative estimate of drug-likeness (QED) is 0.946. The van der Waals surface area contributed by atoms with Crippen LogP contribution in [-0.2, 0) is 10.0 Å². The number of nitrogens with zero attached hydrogens (tertiary/aromatic N) is 1. The minimum atomic E-state index is -3.74. The number of nitrogens with one attached hydrogen (secondary N) is 1. The van der Waals surface area contributed by atoms with Crippen LogP contribution in [0.1, 0.15) is 10.4 Å². The number of hydrogen-bond acceptors (Lipinski definition) is 4. The molecule has 0 fully saturated rings. The summed E-state index contributed by atoms with van der Waals surface area (Å²) in [5, 5.41) is 8.68. The van der Waals surface area contributed by atoms with E-state index in [9.17, 15) is 12.8 Å². The SMILES string of the molecule is Cc1cc(F)ccc1NS(=O)(=O)c1ccc(C#N)s1. The summed E-state index contributed by atoms with van der Waals surface area (Å²) in [7, 11) is -3.74. The average Bonchev–Trinajstić information content (AvgIpc) is 2.82. The number of benzene rings is 1. The predicted octanol–water partition coefficient (Wildman–Crippen LogP) is 2.87. The van der Waals surface area contributed by atoms with Crippen LogP contribution in [-0.4, -0.2) is 8.42 Å². The third-order valence-corrected chi connectivity index (χ3v) is 5.24. The molecule has 1 aromatic heterocycles. The van der Waals surface area contributed by atoms with Gasteiger partial charge < -0.3 is 0 Å². The number of anilines is 1. The van der Waals surface area contributed by atoms with Crippen molar-refractivity contribution < 1.29 is 12.8 Å². The van der Waals surface area contributed by atoms with E-state index in [0.29, 0.717) is 16.1 Å². The maximum atomic E-state index is 12.9. The van der Waals surface area contributed by atoms with Crippen LogP contribution in [0.3, 0.4) is 0 Å². The van der Waals surface area contributed by atoms with Crippen molar-refractivity contribution in [1.82, 2.24) is 0 Å². The van der Waals surface area contributed by atoms with Gasteiger partial charge in [0.25, 0.3) is 10.0 Å². The molecule has 1 N–H and O–H groups in total. The van der Waals surface area contributed by atoms with Gasteiger partial charge in [0, 0.05) is 0 Å². The van der Waals surface area contributed by atoms with Crippen molar-refractivity contribution in [3.05, 3.63) is 46.6 Å². The summed E-state index contributed by atoms with van der Waals surface area (Å²) >= 11 is 0.882. The second-order valence-electron chi connectivity index (χ2n) is 3.80. The van der Waals surface area contributed by atoms with Crippen LogP contribution in [0.5, 0.6) is 0 Å². The van der Waals surface area contributed by atoms with E-state index in [2.05, 4.69) is 4.72 Å². The fourth-order valence-electron chi connectivity index (χ4n) is 1.46. The molecule has 0 bridgehead atoms. The zero-order valence-corrected chi connectivity index (χ0v) is 11.5. The number of aryl methyl sites for hydroxylation is 1. The minimum Gasteiger partial charge on any atom is -0.279 e. The third kappa shape index (κ3) is 2.92. The Balaban J connectivity index is 2.34. The normalized spacial score (nSPS) is 11.0. The second kappa shape index (κ2) is 4.99. The number of sulfonamides is 1. The van der Waals surface area contributed by atoms with E-state index in [4.69, 9.17) is 5.26 Å².